The molecule has 0 radical (unpaired) electrons. The number of phenolic OH excluding ortho intramolecular Hbond substituents is 1. The van der Waals surface area contributed by atoms with Crippen LogP contribution in [-0.2, 0) is 0 Å². The van der Waals surface area contributed by atoms with Gasteiger partial charge >= 0.3 is 0 Å². The molecule has 1 fully saturated rings. The predicted molar refractivity (Wildman–Crippen MR) is 72.4 cm³/mol. The number of rotatable bonds is 1. The average Bonchev–Trinajstić information content (AvgIpc) is 2.37. The largest absolute Gasteiger partial charge is 0.508 e. The van der Waals surface area contributed by atoms with Gasteiger partial charge in [-0.1, -0.05) is 57.1 Å². The summed E-state index contributed by atoms with van der Waals surface area (Å²) in [6.07, 6.45) is 12.4. The first-order valence-electron chi connectivity index (χ1n) is 7.15. The highest BCUT2D eigenvalue weighted by Crippen LogP contribution is 2.30. The quantitative estimate of drug-likeness (QED) is 0.722. The Morgan fingerprint density at radius 3 is 1.71 bits per heavy atom. The van der Waals surface area contributed by atoms with E-state index < -0.39 is 0 Å². The molecular weight excluding hydrogens is 208 g/mol. The molecule has 0 amide bonds. The highest BCUT2D eigenvalue weighted by atomic mass is 16.3. The van der Waals surface area contributed by atoms with E-state index in [1.54, 1.807) is 0 Å². The Kier molecular flexibility index (Phi) is 4.90. The maximum absolute atomic E-state index is 9.34. The second-order valence-electron chi connectivity index (χ2n) is 5.34. The molecule has 0 bridgehead atoms. The normalized spacial score (nSPS) is 20.0. The molecule has 0 aromatic heterocycles. The van der Waals surface area contributed by atoms with E-state index in [1.165, 1.54) is 63.4 Å². The third-order valence-corrected chi connectivity index (χ3v) is 3.97. The van der Waals surface area contributed by atoms with Crippen molar-refractivity contribution in [2.45, 2.75) is 63.7 Å². The van der Waals surface area contributed by atoms with Gasteiger partial charge in [0.05, 0.1) is 0 Å². The second kappa shape index (κ2) is 6.68. The van der Waals surface area contributed by atoms with Crippen molar-refractivity contribution in [3.63, 3.8) is 0 Å². The molecule has 1 N–H and O–H groups in total. The molecule has 2 rings (SSSR count). The van der Waals surface area contributed by atoms with Crippen LogP contribution >= 0.6 is 0 Å². The van der Waals surface area contributed by atoms with E-state index in [-0.39, 0.29) is 0 Å². The fraction of sp³-hybridized carbons (Fsp3) is 0.625. The van der Waals surface area contributed by atoms with Gasteiger partial charge in [-0.3, -0.25) is 0 Å². The van der Waals surface area contributed by atoms with Crippen LogP contribution in [0, 0.1) is 0 Å². The van der Waals surface area contributed by atoms with Crippen molar-refractivity contribution in [3.8, 4) is 5.75 Å². The summed E-state index contributed by atoms with van der Waals surface area (Å²) < 4.78 is 0. The van der Waals surface area contributed by atoms with E-state index in [0.29, 0.717) is 11.7 Å². The van der Waals surface area contributed by atoms with Crippen LogP contribution in [0.1, 0.15) is 69.3 Å². The highest BCUT2D eigenvalue weighted by Gasteiger charge is 2.12. The summed E-state index contributed by atoms with van der Waals surface area (Å²) in [4.78, 5) is 0. The topological polar surface area (TPSA) is 20.2 Å². The summed E-state index contributed by atoms with van der Waals surface area (Å²) in [5, 5.41) is 9.34. The first-order valence-corrected chi connectivity index (χ1v) is 7.15. The Hall–Kier alpha value is -0.980. The van der Waals surface area contributed by atoms with Crippen molar-refractivity contribution in [3.05, 3.63) is 29.8 Å². The third-order valence-electron chi connectivity index (χ3n) is 3.97. The van der Waals surface area contributed by atoms with Gasteiger partial charge in [-0.05, 0) is 36.5 Å². The van der Waals surface area contributed by atoms with Crippen LogP contribution in [-0.4, -0.2) is 5.11 Å². The monoisotopic (exact) mass is 232 g/mol. The van der Waals surface area contributed by atoms with Crippen LogP contribution in [0.4, 0.5) is 0 Å². The zero-order valence-corrected chi connectivity index (χ0v) is 10.7. The minimum atomic E-state index is 0.383. The molecule has 0 heterocycles. The number of aromatic hydroxyl groups is 1. The van der Waals surface area contributed by atoms with E-state index in [0.717, 1.165) is 0 Å². The maximum Gasteiger partial charge on any atom is 0.115 e. The zero-order chi connectivity index (χ0) is 11.9. The van der Waals surface area contributed by atoms with Crippen molar-refractivity contribution in [2.24, 2.45) is 0 Å². The molecule has 0 atom stereocenters. The van der Waals surface area contributed by atoms with Gasteiger partial charge in [0, 0.05) is 0 Å². The molecule has 1 heteroatoms. The van der Waals surface area contributed by atoms with E-state index >= 15 is 0 Å². The van der Waals surface area contributed by atoms with Gasteiger partial charge in [-0.15, -0.1) is 0 Å². The molecule has 1 aliphatic carbocycles. The number of benzene rings is 1. The molecule has 1 aromatic rings. The van der Waals surface area contributed by atoms with Crippen LogP contribution in [0.15, 0.2) is 24.3 Å². The Balaban J connectivity index is 1.97. The predicted octanol–water partition coefficient (Wildman–Crippen LogP) is 5.00. The van der Waals surface area contributed by atoms with Crippen molar-refractivity contribution in [1.29, 1.82) is 0 Å². The van der Waals surface area contributed by atoms with E-state index in [2.05, 4.69) is 12.1 Å². The zero-order valence-electron chi connectivity index (χ0n) is 10.7. The number of phenols is 1. The average molecular weight is 232 g/mol. The Bertz CT molecular complexity index is 305. The molecule has 17 heavy (non-hydrogen) atoms. The van der Waals surface area contributed by atoms with Gasteiger partial charge in [0.1, 0.15) is 5.75 Å². The summed E-state index contributed by atoms with van der Waals surface area (Å²) in [7, 11) is 0. The molecule has 1 aromatic carbocycles. The van der Waals surface area contributed by atoms with Gasteiger partial charge in [-0.25, -0.2) is 0 Å². The summed E-state index contributed by atoms with van der Waals surface area (Å²) in [6.45, 7) is 0. The van der Waals surface area contributed by atoms with Crippen LogP contribution in [0.3, 0.4) is 0 Å². The van der Waals surface area contributed by atoms with Gasteiger partial charge < -0.3 is 5.11 Å². The molecule has 0 unspecified atom stereocenters. The molecule has 1 nitrogen and oxygen atoms in total. The van der Waals surface area contributed by atoms with Crippen molar-refractivity contribution in [1.82, 2.24) is 0 Å². The highest BCUT2D eigenvalue weighted by molar-refractivity contribution is 5.28. The summed E-state index contributed by atoms with van der Waals surface area (Å²) in [5.74, 6) is 1.10. The first-order chi connectivity index (χ1) is 8.36. The molecule has 94 valence electrons. The SMILES string of the molecule is Oc1ccc(C2CCCCCCCCC2)cc1. The van der Waals surface area contributed by atoms with Crippen molar-refractivity contribution < 1.29 is 5.11 Å². The Morgan fingerprint density at radius 2 is 1.18 bits per heavy atom. The number of hydrogen-bond donors (Lipinski definition) is 1. The van der Waals surface area contributed by atoms with E-state index in [4.69, 9.17) is 0 Å². The van der Waals surface area contributed by atoms with Crippen LogP contribution in [0.25, 0.3) is 0 Å². The van der Waals surface area contributed by atoms with Gasteiger partial charge in [0.15, 0.2) is 0 Å². The molecular formula is C16H24O. The molecule has 0 aliphatic heterocycles. The fourth-order valence-corrected chi connectivity index (χ4v) is 2.89. The smallest absolute Gasteiger partial charge is 0.115 e. The molecule has 1 saturated carbocycles. The maximum atomic E-state index is 9.34. The lowest BCUT2D eigenvalue weighted by molar-refractivity contribution is 0.459. The van der Waals surface area contributed by atoms with E-state index in [9.17, 15) is 5.11 Å². The Labute approximate surface area is 105 Å². The summed E-state index contributed by atoms with van der Waals surface area (Å²) >= 11 is 0. The third kappa shape index (κ3) is 4.07. The van der Waals surface area contributed by atoms with Crippen LogP contribution < -0.4 is 0 Å². The van der Waals surface area contributed by atoms with Crippen LogP contribution in [0.2, 0.25) is 0 Å². The molecule has 1 aliphatic rings. The first kappa shape index (κ1) is 12.5. The lowest BCUT2D eigenvalue weighted by Gasteiger charge is -2.19. The standard InChI is InChI=1S/C16H24O/c17-16-12-10-15(11-13-16)14-8-6-4-2-1-3-5-7-9-14/h10-14,17H,1-9H2. The second-order valence-corrected chi connectivity index (χ2v) is 5.34. The summed E-state index contributed by atoms with van der Waals surface area (Å²) in [6, 6.07) is 7.86. The summed E-state index contributed by atoms with van der Waals surface area (Å²) in [5.41, 5.74) is 1.42. The van der Waals surface area contributed by atoms with Crippen LogP contribution in [0.5, 0.6) is 5.75 Å². The fourth-order valence-electron chi connectivity index (χ4n) is 2.89. The lowest BCUT2D eigenvalue weighted by Crippen LogP contribution is -2.01. The minimum absolute atomic E-state index is 0.383. The lowest BCUT2D eigenvalue weighted by atomic mass is 9.87. The number of hydrogen-bond acceptors (Lipinski definition) is 1. The molecule has 0 saturated heterocycles. The van der Waals surface area contributed by atoms with Gasteiger partial charge in [0.25, 0.3) is 0 Å². The van der Waals surface area contributed by atoms with Gasteiger partial charge in [-0.2, -0.15) is 0 Å². The van der Waals surface area contributed by atoms with Crippen molar-refractivity contribution >= 4 is 0 Å². The Morgan fingerprint density at radius 1 is 0.706 bits per heavy atom. The molecule has 0 spiro atoms. The van der Waals surface area contributed by atoms with Crippen molar-refractivity contribution in [2.75, 3.05) is 0 Å². The van der Waals surface area contributed by atoms with Gasteiger partial charge in [0.2, 0.25) is 0 Å². The van der Waals surface area contributed by atoms with E-state index in [1.807, 2.05) is 12.1 Å². The minimum Gasteiger partial charge on any atom is -0.508 e.